The lowest BCUT2D eigenvalue weighted by molar-refractivity contribution is 0.278. The molecule has 3 heteroatoms. The van der Waals surface area contributed by atoms with Crippen LogP contribution >= 0.6 is 11.8 Å². The van der Waals surface area contributed by atoms with E-state index in [-0.39, 0.29) is 6.61 Å². The van der Waals surface area contributed by atoms with Crippen molar-refractivity contribution in [2.75, 3.05) is 24.3 Å². The molecule has 0 radical (unpaired) electrons. The zero-order chi connectivity index (χ0) is 9.97. The van der Waals surface area contributed by atoms with Crippen molar-refractivity contribution in [1.82, 2.24) is 0 Å². The molecule has 2 rings (SSSR count). The van der Waals surface area contributed by atoms with E-state index in [9.17, 15) is 0 Å². The summed E-state index contributed by atoms with van der Waals surface area (Å²) in [6.45, 7) is 0.276. The van der Waals surface area contributed by atoms with E-state index in [0.29, 0.717) is 6.04 Å². The highest BCUT2D eigenvalue weighted by atomic mass is 32.2. The van der Waals surface area contributed by atoms with E-state index >= 15 is 0 Å². The highest BCUT2D eigenvalue weighted by Crippen LogP contribution is 2.36. The number of hydrogen-bond acceptors (Lipinski definition) is 3. The standard InChI is InChI=1S/C11H15NOS/c1-12-9(6-7-13)8-14-11-5-3-2-4-10(11)12/h2-5,9,13H,6-8H2,1H3. The summed E-state index contributed by atoms with van der Waals surface area (Å²) in [6.07, 6.45) is 0.859. The molecule has 1 unspecified atom stereocenters. The van der Waals surface area contributed by atoms with Gasteiger partial charge in [0.05, 0.1) is 5.69 Å². The Hall–Kier alpha value is -0.670. The molecule has 2 nitrogen and oxygen atoms in total. The topological polar surface area (TPSA) is 23.5 Å². The maximum Gasteiger partial charge on any atom is 0.0504 e. The lowest BCUT2D eigenvalue weighted by Gasteiger charge is -2.35. The number of benzene rings is 1. The molecule has 1 atom stereocenters. The van der Waals surface area contributed by atoms with Crippen molar-refractivity contribution in [3.63, 3.8) is 0 Å². The highest BCUT2D eigenvalue weighted by molar-refractivity contribution is 7.99. The van der Waals surface area contributed by atoms with Crippen LogP contribution in [-0.4, -0.2) is 30.6 Å². The van der Waals surface area contributed by atoms with Crippen LogP contribution in [0.15, 0.2) is 29.2 Å². The summed E-state index contributed by atoms with van der Waals surface area (Å²) in [6, 6.07) is 8.92. The van der Waals surface area contributed by atoms with Gasteiger partial charge in [-0.15, -0.1) is 11.8 Å². The smallest absolute Gasteiger partial charge is 0.0504 e. The molecule has 1 heterocycles. The summed E-state index contributed by atoms with van der Waals surface area (Å²) < 4.78 is 0. The largest absolute Gasteiger partial charge is 0.396 e. The van der Waals surface area contributed by atoms with Crippen LogP contribution in [0.1, 0.15) is 6.42 Å². The van der Waals surface area contributed by atoms with Crippen LogP contribution in [0.4, 0.5) is 5.69 Å². The molecule has 0 aliphatic carbocycles. The van der Waals surface area contributed by atoms with E-state index in [2.05, 4.69) is 36.2 Å². The minimum atomic E-state index is 0.276. The molecular weight excluding hydrogens is 194 g/mol. The van der Waals surface area contributed by atoms with Crippen LogP contribution < -0.4 is 4.90 Å². The number of aliphatic hydroxyl groups is 1. The third-order valence-electron chi connectivity index (χ3n) is 2.69. The van der Waals surface area contributed by atoms with Crippen LogP contribution in [0.5, 0.6) is 0 Å². The first kappa shape index (κ1) is 9.87. The van der Waals surface area contributed by atoms with Gasteiger partial charge >= 0.3 is 0 Å². The maximum absolute atomic E-state index is 8.95. The number of fused-ring (bicyclic) bond motifs is 1. The second kappa shape index (κ2) is 4.24. The first-order chi connectivity index (χ1) is 6.83. The number of rotatable bonds is 2. The number of anilines is 1. The monoisotopic (exact) mass is 209 g/mol. The van der Waals surface area contributed by atoms with Gasteiger partial charge in [-0.3, -0.25) is 0 Å². The SMILES string of the molecule is CN1c2ccccc2SCC1CCO. The molecule has 0 saturated heterocycles. The van der Waals surface area contributed by atoms with Crippen molar-refractivity contribution in [3.8, 4) is 0 Å². The molecule has 0 spiro atoms. The Bertz CT molecular complexity index is 316. The molecule has 76 valence electrons. The third-order valence-corrected chi connectivity index (χ3v) is 3.89. The Kier molecular flexibility index (Phi) is 2.99. The van der Waals surface area contributed by atoms with Crippen molar-refractivity contribution < 1.29 is 5.11 Å². The predicted octanol–water partition coefficient (Wildman–Crippen LogP) is 1.98. The van der Waals surface area contributed by atoms with Crippen LogP contribution in [0.2, 0.25) is 0 Å². The number of para-hydroxylation sites is 1. The summed E-state index contributed by atoms with van der Waals surface area (Å²) in [5, 5.41) is 8.95. The number of nitrogens with zero attached hydrogens (tertiary/aromatic N) is 1. The molecule has 0 bridgehead atoms. The van der Waals surface area contributed by atoms with E-state index in [1.807, 2.05) is 11.8 Å². The Morgan fingerprint density at radius 1 is 1.50 bits per heavy atom. The van der Waals surface area contributed by atoms with E-state index in [1.165, 1.54) is 10.6 Å². The zero-order valence-corrected chi connectivity index (χ0v) is 9.13. The van der Waals surface area contributed by atoms with Gasteiger partial charge in [-0.2, -0.15) is 0 Å². The molecular formula is C11H15NOS. The van der Waals surface area contributed by atoms with Crippen molar-refractivity contribution >= 4 is 17.4 Å². The molecule has 1 aliphatic rings. The van der Waals surface area contributed by atoms with Crippen molar-refractivity contribution in [2.24, 2.45) is 0 Å². The van der Waals surface area contributed by atoms with Crippen LogP contribution in [0.25, 0.3) is 0 Å². The highest BCUT2D eigenvalue weighted by Gasteiger charge is 2.22. The molecule has 14 heavy (non-hydrogen) atoms. The lowest BCUT2D eigenvalue weighted by atomic mass is 10.2. The minimum absolute atomic E-state index is 0.276. The van der Waals surface area contributed by atoms with Gasteiger partial charge in [0.2, 0.25) is 0 Å². The van der Waals surface area contributed by atoms with Crippen LogP contribution in [0.3, 0.4) is 0 Å². The zero-order valence-electron chi connectivity index (χ0n) is 8.31. The van der Waals surface area contributed by atoms with Crippen molar-refractivity contribution in [2.45, 2.75) is 17.4 Å². The normalized spacial score (nSPS) is 20.7. The van der Waals surface area contributed by atoms with Gasteiger partial charge in [0.1, 0.15) is 0 Å². The molecule has 1 aliphatic heterocycles. The molecule has 0 fully saturated rings. The van der Waals surface area contributed by atoms with Gasteiger partial charge < -0.3 is 10.0 Å². The van der Waals surface area contributed by atoms with E-state index in [1.54, 1.807) is 0 Å². The van der Waals surface area contributed by atoms with Gasteiger partial charge in [0.25, 0.3) is 0 Å². The first-order valence-electron chi connectivity index (χ1n) is 4.88. The van der Waals surface area contributed by atoms with Crippen molar-refractivity contribution in [3.05, 3.63) is 24.3 Å². The van der Waals surface area contributed by atoms with Crippen LogP contribution in [-0.2, 0) is 0 Å². The average molecular weight is 209 g/mol. The molecule has 0 saturated carbocycles. The lowest BCUT2D eigenvalue weighted by Crippen LogP contribution is -2.37. The molecule has 0 aromatic heterocycles. The van der Waals surface area contributed by atoms with Gasteiger partial charge in [-0.05, 0) is 18.6 Å². The summed E-state index contributed by atoms with van der Waals surface area (Å²) >= 11 is 1.89. The second-order valence-corrected chi connectivity index (χ2v) is 4.62. The van der Waals surface area contributed by atoms with Gasteiger partial charge in [0.15, 0.2) is 0 Å². The Balaban J connectivity index is 2.22. The fourth-order valence-corrected chi connectivity index (χ4v) is 3.09. The first-order valence-corrected chi connectivity index (χ1v) is 5.87. The Morgan fingerprint density at radius 2 is 2.29 bits per heavy atom. The fraction of sp³-hybridized carbons (Fsp3) is 0.455. The Morgan fingerprint density at radius 3 is 3.07 bits per heavy atom. The fourth-order valence-electron chi connectivity index (χ4n) is 1.79. The summed E-state index contributed by atoms with van der Waals surface area (Å²) in [7, 11) is 2.11. The van der Waals surface area contributed by atoms with Crippen molar-refractivity contribution in [1.29, 1.82) is 0 Å². The minimum Gasteiger partial charge on any atom is -0.396 e. The summed E-state index contributed by atoms with van der Waals surface area (Å²) in [5.41, 5.74) is 1.29. The van der Waals surface area contributed by atoms with E-state index < -0.39 is 0 Å². The number of thioether (sulfide) groups is 1. The number of hydrogen-bond donors (Lipinski definition) is 1. The van der Waals surface area contributed by atoms with E-state index in [0.717, 1.165) is 12.2 Å². The Labute approximate surface area is 88.9 Å². The second-order valence-electron chi connectivity index (χ2n) is 3.56. The maximum atomic E-state index is 8.95. The van der Waals surface area contributed by atoms with Gasteiger partial charge in [-0.1, -0.05) is 12.1 Å². The average Bonchev–Trinajstić information content (AvgIpc) is 2.23. The summed E-state index contributed by atoms with van der Waals surface area (Å²) in [4.78, 5) is 3.63. The third kappa shape index (κ3) is 1.74. The predicted molar refractivity (Wildman–Crippen MR) is 61.1 cm³/mol. The summed E-state index contributed by atoms with van der Waals surface area (Å²) in [5.74, 6) is 1.08. The quantitative estimate of drug-likeness (QED) is 0.805. The van der Waals surface area contributed by atoms with Gasteiger partial charge in [0, 0.05) is 30.3 Å². The van der Waals surface area contributed by atoms with Crippen LogP contribution in [0, 0.1) is 0 Å². The molecule has 0 amide bonds. The molecule has 1 N–H and O–H groups in total. The van der Waals surface area contributed by atoms with Gasteiger partial charge in [-0.25, -0.2) is 0 Å². The molecule has 1 aromatic rings. The number of aliphatic hydroxyl groups excluding tert-OH is 1. The molecule has 1 aromatic carbocycles. The van der Waals surface area contributed by atoms with E-state index in [4.69, 9.17) is 5.11 Å².